The van der Waals surface area contributed by atoms with E-state index in [0.717, 1.165) is 68.5 Å². The van der Waals surface area contributed by atoms with E-state index in [-0.39, 0.29) is 0 Å². The van der Waals surface area contributed by atoms with E-state index in [4.69, 9.17) is 10.00 Å². The van der Waals surface area contributed by atoms with Crippen molar-refractivity contribution in [2.75, 3.05) is 13.6 Å². The minimum absolute atomic E-state index is 0.647. The predicted molar refractivity (Wildman–Crippen MR) is 160 cm³/mol. The van der Waals surface area contributed by atoms with Gasteiger partial charge in [0, 0.05) is 39.5 Å². The zero-order chi connectivity index (χ0) is 26.0. The molecule has 0 fully saturated rings. The number of benzene rings is 2. The fourth-order valence-corrected chi connectivity index (χ4v) is 4.58. The third-order valence-corrected chi connectivity index (χ3v) is 7.23. The largest absolute Gasteiger partial charge is 0.457 e. The summed E-state index contributed by atoms with van der Waals surface area (Å²) in [6.45, 7) is 0.987. The Labute approximate surface area is 236 Å². The van der Waals surface area contributed by atoms with Crippen molar-refractivity contribution >= 4 is 48.9 Å². The van der Waals surface area contributed by atoms with Crippen LogP contribution in [0.3, 0.4) is 0 Å². The number of nitriles is 1. The molecule has 0 radical (unpaired) electrons. The van der Waals surface area contributed by atoms with E-state index >= 15 is 0 Å². The van der Waals surface area contributed by atoms with Crippen LogP contribution in [0.2, 0.25) is 0 Å². The molecule has 1 aliphatic carbocycles. The summed E-state index contributed by atoms with van der Waals surface area (Å²) in [6, 6.07) is 18.7. The third kappa shape index (κ3) is 7.89. The molecule has 0 aromatic heterocycles. The molecular formula is C32H29Br2N2O+. The van der Waals surface area contributed by atoms with Crippen molar-refractivity contribution in [3.63, 3.8) is 0 Å². The van der Waals surface area contributed by atoms with Gasteiger partial charge in [-0.15, -0.1) is 0 Å². The lowest BCUT2D eigenvalue weighted by molar-refractivity contribution is -0.496. The highest BCUT2D eigenvalue weighted by molar-refractivity contribution is 9.10. The van der Waals surface area contributed by atoms with Crippen LogP contribution in [0, 0.1) is 11.3 Å². The van der Waals surface area contributed by atoms with E-state index in [0.29, 0.717) is 6.42 Å². The lowest BCUT2D eigenvalue weighted by atomic mass is 10.0. The summed E-state index contributed by atoms with van der Waals surface area (Å²) < 4.78 is 10.7. The van der Waals surface area contributed by atoms with Crippen LogP contribution in [0.1, 0.15) is 36.8 Å². The molecule has 1 aliphatic heterocycles. The Balaban J connectivity index is 1.52. The van der Waals surface area contributed by atoms with Crippen molar-refractivity contribution in [1.82, 2.24) is 0 Å². The second kappa shape index (κ2) is 13.4. The zero-order valence-electron chi connectivity index (χ0n) is 20.8. The molecule has 0 spiro atoms. The zero-order valence-corrected chi connectivity index (χ0v) is 24.0. The van der Waals surface area contributed by atoms with E-state index in [1.54, 1.807) is 0 Å². The van der Waals surface area contributed by atoms with Gasteiger partial charge in [-0.3, -0.25) is 0 Å². The molecule has 0 atom stereocenters. The number of hydrogen-bond donors (Lipinski definition) is 0. The molecule has 1 heterocycles. The first-order valence-electron chi connectivity index (χ1n) is 12.4. The van der Waals surface area contributed by atoms with Crippen molar-refractivity contribution in [3.05, 3.63) is 129 Å². The van der Waals surface area contributed by atoms with E-state index in [9.17, 15) is 0 Å². The third-order valence-electron chi connectivity index (χ3n) is 6.17. The standard InChI is InChI=1S/C32H29Br2N2O/c1-36(21-5-3-2-4-20-35)30-17-6-24(7-18-30)8-19-31-22-27(25-9-13-28(33)14-10-25)23-32(37-31)26-11-15-29(34)16-12-26/h6-19,22-23H,2-5,21H2,1H3/q+1/b24-8?,31-19+,36-30?. The molecule has 4 rings (SSSR count). The first-order chi connectivity index (χ1) is 18.0. The summed E-state index contributed by atoms with van der Waals surface area (Å²) in [5.41, 5.74) is 5.56. The Morgan fingerprint density at radius 3 is 2.11 bits per heavy atom. The Hall–Kier alpha value is -3.20. The monoisotopic (exact) mass is 615 g/mol. The Bertz CT molecular complexity index is 1360. The average molecular weight is 617 g/mol. The van der Waals surface area contributed by atoms with Gasteiger partial charge in [0.25, 0.3) is 0 Å². The maximum atomic E-state index is 8.67. The molecule has 2 aliphatic rings. The molecule has 0 amide bonds. The highest BCUT2D eigenvalue weighted by Crippen LogP contribution is 2.32. The Morgan fingerprint density at radius 2 is 1.46 bits per heavy atom. The van der Waals surface area contributed by atoms with E-state index in [1.165, 1.54) is 5.71 Å². The summed E-state index contributed by atoms with van der Waals surface area (Å²) in [5, 5.41) is 8.67. The van der Waals surface area contributed by atoms with Crippen molar-refractivity contribution in [2.24, 2.45) is 0 Å². The summed E-state index contributed by atoms with van der Waals surface area (Å²) in [7, 11) is 2.12. The summed E-state index contributed by atoms with van der Waals surface area (Å²) >= 11 is 7.04. The first kappa shape index (κ1) is 26.9. The average Bonchev–Trinajstić information content (AvgIpc) is 2.92. The smallest absolute Gasteiger partial charge is 0.199 e. The molecule has 0 saturated carbocycles. The van der Waals surface area contributed by atoms with Gasteiger partial charge >= 0.3 is 0 Å². The SMILES string of the molecule is C[N+](CCCCCC#N)=C1C=CC(=C/C=C2\C=C(c3ccc(Br)cc3)C=C(c3ccc(Br)cc3)O2)C=C1. The van der Waals surface area contributed by atoms with Gasteiger partial charge in [0.2, 0.25) is 0 Å². The number of allylic oxidation sites excluding steroid dienone is 10. The summed E-state index contributed by atoms with van der Waals surface area (Å²) in [6.07, 6.45) is 20.7. The second-order valence-electron chi connectivity index (χ2n) is 8.94. The molecule has 186 valence electrons. The van der Waals surface area contributed by atoms with Gasteiger partial charge in [-0.1, -0.05) is 62.2 Å². The molecule has 5 heteroatoms. The van der Waals surface area contributed by atoms with Crippen LogP contribution in [-0.4, -0.2) is 23.9 Å². The molecule has 0 unspecified atom stereocenters. The van der Waals surface area contributed by atoms with E-state index in [2.05, 4.69) is 128 Å². The van der Waals surface area contributed by atoms with Gasteiger partial charge in [-0.2, -0.15) is 5.26 Å². The quantitative estimate of drug-likeness (QED) is 0.219. The summed E-state index contributed by atoms with van der Waals surface area (Å²) in [4.78, 5) is 0. The molecule has 3 nitrogen and oxygen atoms in total. The maximum absolute atomic E-state index is 8.67. The molecular weight excluding hydrogens is 588 g/mol. The number of ether oxygens (including phenoxy) is 1. The van der Waals surface area contributed by atoms with Crippen LogP contribution < -0.4 is 0 Å². The van der Waals surface area contributed by atoms with Gasteiger partial charge in [0.05, 0.1) is 6.07 Å². The van der Waals surface area contributed by atoms with Crippen molar-refractivity contribution < 1.29 is 9.31 Å². The molecule has 2 aromatic rings. The lowest BCUT2D eigenvalue weighted by Gasteiger charge is -2.18. The van der Waals surface area contributed by atoms with Crippen LogP contribution in [0.25, 0.3) is 11.3 Å². The minimum atomic E-state index is 0.647. The minimum Gasteiger partial charge on any atom is -0.457 e. The van der Waals surface area contributed by atoms with E-state index < -0.39 is 0 Å². The number of halogens is 2. The number of rotatable bonds is 8. The number of nitrogens with zero attached hydrogens (tertiary/aromatic N) is 2. The summed E-state index contributed by atoms with van der Waals surface area (Å²) in [5.74, 6) is 1.61. The highest BCUT2D eigenvalue weighted by atomic mass is 79.9. The molecule has 0 bridgehead atoms. The molecule has 0 N–H and O–H groups in total. The Kier molecular flexibility index (Phi) is 9.71. The van der Waals surface area contributed by atoms with Crippen molar-refractivity contribution in [3.8, 4) is 6.07 Å². The van der Waals surface area contributed by atoms with Gasteiger partial charge in [-0.25, -0.2) is 4.58 Å². The van der Waals surface area contributed by atoms with Crippen LogP contribution in [0.5, 0.6) is 0 Å². The second-order valence-corrected chi connectivity index (χ2v) is 10.8. The van der Waals surface area contributed by atoms with Crippen molar-refractivity contribution in [2.45, 2.75) is 25.7 Å². The fraction of sp³-hybridized carbons (Fsp3) is 0.188. The van der Waals surface area contributed by atoms with Crippen molar-refractivity contribution in [1.29, 1.82) is 5.26 Å². The number of unbranched alkanes of at least 4 members (excludes halogenated alkanes) is 3. The molecule has 37 heavy (non-hydrogen) atoms. The van der Waals surface area contributed by atoms with Crippen LogP contribution in [0.15, 0.2) is 117 Å². The highest BCUT2D eigenvalue weighted by Gasteiger charge is 2.14. The predicted octanol–water partition coefficient (Wildman–Crippen LogP) is 8.77. The van der Waals surface area contributed by atoms with Crippen LogP contribution >= 0.6 is 31.9 Å². The Morgan fingerprint density at radius 1 is 0.811 bits per heavy atom. The molecule has 0 saturated heterocycles. The lowest BCUT2D eigenvalue weighted by Crippen LogP contribution is -2.16. The van der Waals surface area contributed by atoms with Crippen LogP contribution in [-0.2, 0) is 4.74 Å². The van der Waals surface area contributed by atoms with Crippen LogP contribution in [0.4, 0.5) is 0 Å². The fourth-order valence-electron chi connectivity index (χ4n) is 4.05. The number of hydrogen-bond acceptors (Lipinski definition) is 2. The van der Waals surface area contributed by atoms with Gasteiger partial charge < -0.3 is 4.74 Å². The van der Waals surface area contributed by atoms with E-state index in [1.807, 2.05) is 18.2 Å². The van der Waals surface area contributed by atoms with Gasteiger partial charge in [0.1, 0.15) is 25.1 Å². The topological polar surface area (TPSA) is 36.0 Å². The maximum Gasteiger partial charge on any atom is 0.199 e. The normalized spacial score (nSPS) is 15.7. The van der Waals surface area contributed by atoms with Gasteiger partial charge in [-0.05, 0) is 84.2 Å². The first-order valence-corrected chi connectivity index (χ1v) is 14.0. The van der Waals surface area contributed by atoms with Gasteiger partial charge in [0.15, 0.2) is 5.71 Å². The molecule has 2 aromatic carbocycles.